The maximum Gasteiger partial charge on any atom is 0.251 e. The van der Waals surface area contributed by atoms with Crippen molar-refractivity contribution in [3.8, 4) is 5.75 Å². The number of nitrogens with one attached hydrogen (secondary N) is 1. The quantitative estimate of drug-likeness (QED) is 0.918. The third-order valence-electron chi connectivity index (χ3n) is 2.01. The lowest BCUT2D eigenvalue weighted by atomic mass is 10.1. The van der Waals surface area contributed by atoms with Gasteiger partial charge in [-0.05, 0) is 47.5 Å². The van der Waals surface area contributed by atoms with E-state index in [2.05, 4.69) is 21.2 Å². The number of carbonyl (C=O) groups excluding carboxylic acids is 1. The fraction of sp³-hybridized carbons (Fsp3) is 0.364. The number of halogens is 1. The minimum absolute atomic E-state index is 0.0955. The molecule has 15 heavy (non-hydrogen) atoms. The van der Waals surface area contributed by atoms with Gasteiger partial charge in [0.25, 0.3) is 5.91 Å². The van der Waals surface area contributed by atoms with Crippen molar-refractivity contribution in [2.75, 3.05) is 13.7 Å². The molecule has 1 rings (SSSR count). The van der Waals surface area contributed by atoms with Crippen LogP contribution in [-0.2, 0) is 0 Å². The Morgan fingerprint density at radius 2 is 2.20 bits per heavy atom. The number of amides is 1. The predicted octanol–water partition coefficient (Wildman–Crippen LogP) is 2.52. The first-order chi connectivity index (χ1) is 7.10. The number of benzene rings is 1. The van der Waals surface area contributed by atoms with E-state index in [1.54, 1.807) is 13.1 Å². The second kappa shape index (κ2) is 5.16. The van der Waals surface area contributed by atoms with Crippen molar-refractivity contribution in [3.63, 3.8) is 0 Å². The predicted molar refractivity (Wildman–Crippen MR) is 63.4 cm³/mol. The summed E-state index contributed by atoms with van der Waals surface area (Å²) >= 11 is 3.39. The highest BCUT2D eigenvalue weighted by atomic mass is 79.9. The molecule has 3 nitrogen and oxygen atoms in total. The normalized spacial score (nSPS) is 9.87. The molecule has 0 fully saturated rings. The number of ether oxygens (including phenoxy) is 1. The Bertz CT molecular complexity index is 354. The zero-order valence-electron chi connectivity index (χ0n) is 9.06. The Kier molecular flexibility index (Phi) is 4.15. The van der Waals surface area contributed by atoms with Gasteiger partial charge in [0.05, 0.1) is 11.1 Å². The lowest BCUT2D eigenvalue weighted by molar-refractivity contribution is 0.0963. The zero-order chi connectivity index (χ0) is 11.4. The molecule has 1 aromatic rings. The second-order valence-electron chi connectivity index (χ2n) is 3.12. The maximum atomic E-state index is 11.4. The van der Waals surface area contributed by atoms with E-state index in [0.717, 1.165) is 15.8 Å². The van der Waals surface area contributed by atoms with Gasteiger partial charge in [0.15, 0.2) is 0 Å². The first-order valence-corrected chi connectivity index (χ1v) is 5.54. The van der Waals surface area contributed by atoms with E-state index in [1.807, 2.05) is 19.9 Å². The monoisotopic (exact) mass is 271 g/mol. The minimum atomic E-state index is -0.0955. The number of hydrogen-bond donors (Lipinski definition) is 1. The summed E-state index contributed by atoms with van der Waals surface area (Å²) in [7, 11) is 1.61. The van der Waals surface area contributed by atoms with Gasteiger partial charge in [-0.25, -0.2) is 0 Å². The highest BCUT2D eigenvalue weighted by molar-refractivity contribution is 9.10. The summed E-state index contributed by atoms with van der Waals surface area (Å²) in [6, 6.07) is 3.57. The van der Waals surface area contributed by atoms with Crippen LogP contribution >= 0.6 is 15.9 Å². The van der Waals surface area contributed by atoms with E-state index in [-0.39, 0.29) is 5.91 Å². The van der Waals surface area contributed by atoms with E-state index >= 15 is 0 Å². The summed E-state index contributed by atoms with van der Waals surface area (Å²) in [6.45, 7) is 4.46. The molecule has 0 radical (unpaired) electrons. The van der Waals surface area contributed by atoms with Crippen molar-refractivity contribution >= 4 is 21.8 Å². The minimum Gasteiger partial charge on any atom is -0.492 e. The molecule has 0 saturated carbocycles. The molecule has 0 saturated heterocycles. The molecule has 0 aliphatic rings. The summed E-state index contributed by atoms with van der Waals surface area (Å²) in [5.74, 6) is 0.701. The Labute approximate surface area is 97.9 Å². The Balaban J connectivity index is 3.13. The van der Waals surface area contributed by atoms with Crippen LogP contribution < -0.4 is 10.1 Å². The molecule has 0 spiro atoms. The fourth-order valence-corrected chi connectivity index (χ4v) is 2.01. The van der Waals surface area contributed by atoms with Crippen LogP contribution in [0.4, 0.5) is 0 Å². The molecular weight excluding hydrogens is 258 g/mol. The SMILES string of the molecule is CCOc1c(C)cc(C(=O)NC)cc1Br. The topological polar surface area (TPSA) is 38.3 Å². The zero-order valence-corrected chi connectivity index (χ0v) is 10.6. The molecule has 0 aliphatic heterocycles. The van der Waals surface area contributed by atoms with E-state index in [0.29, 0.717) is 12.2 Å². The smallest absolute Gasteiger partial charge is 0.251 e. The first-order valence-electron chi connectivity index (χ1n) is 4.75. The Morgan fingerprint density at radius 1 is 1.53 bits per heavy atom. The first kappa shape index (κ1) is 12.0. The van der Waals surface area contributed by atoms with Gasteiger partial charge < -0.3 is 10.1 Å². The highest BCUT2D eigenvalue weighted by Crippen LogP contribution is 2.30. The molecule has 1 aromatic carbocycles. The van der Waals surface area contributed by atoms with Crippen LogP contribution in [0.3, 0.4) is 0 Å². The van der Waals surface area contributed by atoms with Gasteiger partial charge in [-0.2, -0.15) is 0 Å². The molecule has 0 atom stereocenters. The van der Waals surface area contributed by atoms with Gasteiger partial charge in [-0.1, -0.05) is 0 Å². The van der Waals surface area contributed by atoms with Crippen LogP contribution in [0.1, 0.15) is 22.8 Å². The van der Waals surface area contributed by atoms with E-state index in [9.17, 15) is 4.79 Å². The van der Waals surface area contributed by atoms with Crippen molar-refractivity contribution < 1.29 is 9.53 Å². The Hall–Kier alpha value is -1.03. The maximum absolute atomic E-state index is 11.4. The molecule has 1 N–H and O–H groups in total. The van der Waals surface area contributed by atoms with Crippen molar-refractivity contribution in [2.45, 2.75) is 13.8 Å². The third kappa shape index (κ3) is 2.72. The number of rotatable bonds is 3. The van der Waals surface area contributed by atoms with E-state index in [1.165, 1.54) is 0 Å². The van der Waals surface area contributed by atoms with Crippen LogP contribution in [0.5, 0.6) is 5.75 Å². The highest BCUT2D eigenvalue weighted by Gasteiger charge is 2.10. The molecule has 0 aliphatic carbocycles. The van der Waals surface area contributed by atoms with Gasteiger partial charge in [0.2, 0.25) is 0 Å². The average Bonchev–Trinajstić information content (AvgIpc) is 2.22. The lowest BCUT2D eigenvalue weighted by Crippen LogP contribution is -2.18. The standard InChI is InChI=1S/C11H14BrNO2/c1-4-15-10-7(2)5-8(6-9(10)12)11(14)13-3/h5-6H,4H2,1-3H3,(H,13,14). The molecule has 0 aromatic heterocycles. The average molecular weight is 272 g/mol. The molecule has 0 heterocycles. The fourth-order valence-electron chi connectivity index (χ4n) is 1.33. The largest absolute Gasteiger partial charge is 0.492 e. The van der Waals surface area contributed by atoms with Crippen molar-refractivity contribution in [2.24, 2.45) is 0 Å². The lowest BCUT2D eigenvalue weighted by Gasteiger charge is -2.11. The number of carbonyl (C=O) groups is 1. The van der Waals surface area contributed by atoms with Crippen molar-refractivity contribution in [1.82, 2.24) is 5.32 Å². The summed E-state index contributed by atoms with van der Waals surface area (Å²) in [6.07, 6.45) is 0. The molecule has 1 amide bonds. The summed E-state index contributed by atoms with van der Waals surface area (Å²) in [5, 5.41) is 2.59. The van der Waals surface area contributed by atoms with Crippen molar-refractivity contribution in [3.05, 3.63) is 27.7 Å². The summed E-state index contributed by atoms with van der Waals surface area (Å²) in [4.78, 5) is 11.4. The molecule has 82 valence electrons. The molecule has 4 heteroatoms. The number of hydrogen-bond acceptors (Lipinski definition) is 2. The van der Waals surface area contributed by atoms with Gasteiger partial charge in [-0.15, -0.1) is 0 Å². The van der Waals surface area contributed by atoms with Gasteiger partial charge in [-0.3, -0.25) is 4.79 Å². The van der Waals surface area contributed by atoms with Crippen LogP contribution in [0, 0.1) is 6.92 Å². The van der Waals surface area contributed by atoms with Crippen LogP contribution in [-0.4, -0.2) is 19.6 Å². The molecular formula is C11H14BrNO2. The molecule has 0 bridgehead atoms. The molecule has 0 unspecified atom stereocenters. The van der Waals surface area contributed by atoms with Gasteiger partial charge in [0.1, 0.15) is 5.75 Å². The van der Waals surface area contributed by atoms with Gasteiger partial charge >= 0.3 is 0 Å². The van der Waals surface area contributed by atoms with E-state index < -0.39 is 0 Å². The number of aryl methyl sites for hydroxylation is 1. The second-order valence-corrected chi connectivity index (χ2v) is 3.97. The third-order valence-corrected chi connectivity index (χ3v) is 2.60. The Morgan fingerprint density at radius 3 is 2.67 bits per heavy atom. The van der Waals surface area contributed by atoms with Crippen molar-refractivity contribution in [1.29, 1.82) is 0 Å². The van der Waals surface area contributed by atoms with Crippen LogP contribution in [0.15, 0.2) is 16.6 Å². The summed E-state index contributed by atoms with van der Waals surface area (Å²) in [5.41, 5.74) is 1.58. The summed E-state index contributed by atoms with van der Waals surface area (Å²) < 4.78 is 6.27. The van der Waals surface area contributed by atoms with Crippen LogP contribution in [0.2, 0.25) is 0 Å². The van der Waals surface area contributed by atoms with E-state index in [4.69, 9.17) is 4.74 Å². The van der Waals surface area contributed by atoms with Crippen LogP contribution in [0.25, 0.3) is 0 Å². The van der Waals surface area contributed by atoms with Gasteiger partial charge in [0, 0.05) is 12.6 Å².